The SMILES string of the molecule is Cc1cc(NC(=O)c2cc(C#N)cc(-c3c[nH]c(=O)c(NC4CN(C(=O)C=CCN(C)C)C4)c3)c2)ccc1C(C)C. The summed E-state index contributed by atoms with van der Waals surface area (Å²) in [5, 5.41) is 15.8. The van der Waals surface area contributed by atoms with Gasteiger partial charge in [0.1, 0.15) is 5.69 Å². The van der Waals surface area contributed by atoms with Crippen LogP contribution in [-0.4, -0.2) is 66.4 Å². The fraction of sp³-hybridized carbons (Fsp3) is 0.312. The highest BCUT2D eigenvalue weighted by atomic mass is 16.2. The van der Waals surface area contributed by atoms with E-state index in [1.54, 1.807) is 41.4 Å². The van der Waals surface area contributed by atoms with Crippen LogP contribution >= 0.6 is 0 Å². The first-order chi connectivity index (χ1) is 19.5. The zero-order valence-electron chi connectivity index (χ0n) is 24.1. The smallest absolute Gasteiger partial charge is 0.271 e. The predicted molar refractivity (Wildman–Crippen MR) is 162 cm³/mol. The molecule has 0 aliphatic carbocycles. The van der Waals surface area contributed by atoms with Crippen molar-refractivity contribution in [1.82, 2.24) is 14.8 Å². The summed E-state index contributed by atoms with van der Waals surface area (Å²) in [4.78, 5) is 44.4. The molecule has 2 aromatic carbocycles. The number of aromatic amines is 1. The summed E-state index contributed by atoms with van der Waals surface area (Å²) in [5.41, 5.74) is 4.99. The van der Waals surface area contributed by atoms with Gasteiger partial charge in [0.15, 0.2) is 0 Å². The number of nitriles is 1. The second-order valence-electron chi connectivity index (χ2n) is 11.0. The van der Waals surface area contributed by atoms with E-state index in [2.05, 4.69) is 35.5 Å². The van der Waals surface area contributed by atoms with Crippen molar-refractivity contribution >= 4 is 23.2 Å². The van der Waals surface area contributed by atoms with Crippen molar-refractivity contribution < 1.29 is 9.59 Å². The lowest BCUT2D eigenvalue weighted by Gasteiger charge is -2.39. The van der Waals surface area contributed by atoms with Crippen LogP contribution in [0.15, 0.2) is 65.6 Å². The number of hydrogen-bond donors (Lipinski definition) is 3. The largest absolute Gasteiger partial charge is 0.374 e. The first-order valence-corrected chi connectivity index (χ1v) is 13.6. The number of carbonyl (C=O) groups excluding carboxylic acids is 2. The van der Waals surface area contributed by atoms with Crippen molar-refractivity contribution in [3.8, 4) is 17.2 Å². The van der Waals surface area contributed by atoms with Crippen LogP contribution in [0.3, 0.4) is 0 Å². The molecule has 1 fully saturated rings. The minimum absolute atomic E-state index is 0.0577. The Morgan fingerprint density at radius 2 is 1.90 bits per heavy atom. The molecule has 3 N–H and O–H groups in total. The highest BCUT2D eigenvalue weighted by Crippen LogP contribution is 2.26. The number of nitrogens with zero attached hydrogens (tertiary/aromatic N) is 3. The molecule has 2 heterocycles. The van der Waals surface area contributed by atoms with E-state index in [9.17, 15) is 19.6 Å². The zero-order valence-corrected chi connectivity index (χ0v) is 24.1. The summed E-state index contributed by atoms with van der Waals surface area (Å²) in [7, 11) is 3.87. The molecule has 1 aromatic heterocycles. The Bertz CT molecular complexity index is 1570. The summed E-state index contributed by atoms with van der Waals surface area (Å²) >= 11 is 0. The lowest BCUT2D eigenvalue weighted by Crippen LogP contribution is -2.57. The number of pyridine rings is 1. The second-order valence-corrected chi connectivity index (χ2v) is 11.0. The molecule has 0 radical (unpaired) electrons. The minimum atomic E-state index is -0.332. The molecule has 0 spiro atoms. The molecule has 9 heteroatoms. The number of aryl methyl sites for hydroxylation is 1. The molecule has 212 valence electrons. The molecule has 0 unspecified atom stereocenters. The Labute approximate surface area is 240 Å². The van der Waals surface area contributed by atoms with Crippen molar-refractivity contribution in [3.63, 3.8) is 0 Å². The number of likely N-dealkylation sites (tertiary alicyclic amines) is 1. The van der Waals surface area contributed by atoms with E-state index in [4.69, 9.17) is 0 Å². The maximum atomic E-state index is 13.2. The van der Waals surface area contributed by atoms with E-state index in [0.717, 1.165) is 5.56 Å². The van der Waals surface area contributed by atoms with E-state index in [1.807, 2.05) is 50.2 Å². The highest BCUT2D eigenvalue weighted by molar-refractivity contribution is 6.05. The van der Waals surface area contributed by atoms with Crippen LogP contribution in [0.1, 0.15) is 46.8 Å². The number of H-pyrrole nitrogens is 1. The molecule has 1 aliphatic rings. The molecule has 1 aliphatic heterocycles. The normalized spacial score (nSPS) is 13.4. The number of likely N-dealkylation sites (N-methyl/N-ethyl adjacent to an activating group) is 1. The average Bonchev–Trinajstić information content (AvgIpc) is 2.90. The van der Waals surface area contributed by atoms with Crippen LogP contribution in [0.25, 0.3) is 11.1 Å². The van der Waals surface area contributed by atoms with Gasteiger partial charge in [0.2, 0.25) is 5.91 Å². The van der Waals surface area contributed by atoms with Crippen LogP contribution < -0.4 is 16.2 Å². The van der Waals surface area contributed by atoms with Gasteiger partial charge in [-0.25, -0.2) is 0 Å². The van der Waals surface area contributed by atoms with E-state index in [0.29, 0.717) is 59.2 Å². The van der Waals surface area contributed by atoms with Gasteiger partial charge in [-0.15, -0.1) is 0 Å². The van der Waals surface area contributed by atoms with Gasteiger partial charge in [0, 0.05) is 48.7 Å². The summed E-state index contributed by atoms with van der Waals surface area (Å²) in [5.74, 6) is -0.00773. The molecule has 9 nitrogen and oxygen atoms in total. The van der Waals surface area contributed by atoms with Gasteiger partial charge in [0.05, 0.1) is 17.7 Å². The Balaban J connectivity index is 1.49. The molecule has 0 saturated carbocycles. The van der Waals surface area contributed by atoms with Gasteiger partial charge >= 0.3 is 0 Å². The molecule has 41 heavy (non-hydrogen) atoms. The topological polar surface area (TPSA) is 121 Å². The number of rotatable bonds is 9. The Kier molecular flexibility index (Phi) is 9.05. The number of anilines is 2. The van der Waals surface area contributed by atoms with Gasteiger partial charge in [0.25, 0.3) is 11.5 Å². The molecule has 4 rings (SSSR count). The lowest BCUT2D eigenvalue weighted by molar-refractivity contribution is -0.129. The second kappa shape index (κ2) is 12.7. The molecule has 0 atom stereocenters. The van der Waals surface area contributed by atoms with Gasteiger partial charge in [-0.1, -0.05) is 26.0 Å². The Hall–Kier alpha value is -4.68. The third-order valence-corrected chi connectivity index (χ3v) is 6.99. The number of benzene rings is 2. The maximum Gasteiger partial charge on any atom is 0.271 e. The minimum Gasteiger partial charge on any atom is -0.374 e. The van der Waals surface area contributed by atoms with Gasteiger partial charge in [-0.05, 0) is 80.0 Å². The van der Waals surface area contributed by atoms with E-state index < -0.39 is 0 Å². The predicted octanol–water partition coefficient (Wildman–Crippen LogP) is 4.34. The Morgan fingerprint density at radius 1 is 1.15 bits per heavy atom. The summed E-state index contributed by atoms with van der Waals surface area (Å²) in [6.07, 6.45) is 4.96. The summed E-state index contributed by atoms with van der Waals surface area (Å²) in [6.45, 7) is 7.93. The van der Waals surface area contributed by atoms with E-state index in [-0.39, 0.29) is 23.4 Å². The summed E-state index contributed by atoms with van der Waals surface area (Å²) in [6, 6.07) is 14.5. The van der Waals surface area contributed by atoms with Gasteiger partial charge < -0.3 is 25.4 Å². The van der Waals surface area contributed by atoms with Crippen LogP contribution in [0.2, 0.25) is 0 Å². The standard InChI is InChI=1S/C32H36N6O3/c1-20(2)28-9-8-26(11-21(28)3)36-31(40)24-13-22(16-33)12-23(14-24)25-15-29(32(41)34-17-25)35-27-18-38(19-27)30(39)7-6-10-37(4)5/h6-9,11-15,17,20,27,35H,10,18-19H2,1-5H3,(H,34,41)(H,36,40). The third kappa shape index (κ3) is 7.29. The van der Waals surface area contributed by atoms with Crippen LogP contribution in [0, 0.1) is 18.3 Å². The molecular weight excluding hydrogens is 516 g/mol. The van der Waals surface area contributed by atoms with E-state index in [1.165, 1.54) is 5.56 Å². The molecular formula is C32H36N6O3. The van der Waals surface area contributed by atoms with Gasteiger partial charge in [-0.2, -0.15) is 5.26 Å². The maximum absolute atomic E-state index is 13.2. The average molecular weight is 553 g/mol. The van der Waals surface area contributed by atoms with Crippen LogP contribution in [0.5, 0.6) is 0 Å². The molecule has 2 amide bonds. The molecule has 0 bridgehead atoms. The number of hydrogen-bond acceptors (Lipinski definition) is 6. The van der Waals surface area contributed by atoms with Gasteiger partial charge in [-0.3, -0.25) is 14.4 Å². The first-order valence-electron chi connectivity index (χ1n) is 13.6. The third-order valence-electron chi connectivity index (χ3n) is 6.99. The Morgan fingerprint density at radius 3 is 2.56 bits per heavy atom. The van der Waals surface area contributed by atoms with Crippen molar-refractivity contribution in [3.05, 3.63) is 93.4 Å². The lowest BCUT2D eigenvalue weighted by atomic mass is 9.97. The molecule has 1 saturated heterocycles. The molecule has 3 aromatic rings. The van der Waals surface area contributed by atoms with Crippen molar-refractivity contribution in [2.75, 3.05) is 44.4 Å². The van der Waals surface area contributed by atoms with Crippen LogP contribution in [0.4, 0.5) is 11.4 Å². The first kappa shape index (κ1) is 29.3. The summed E-state index contributed by atoms with van der Waals surface area (Å²) < 4.78 is 0. The highest BCUT2D eigenvalue weighted by Gasteiger charge is 2.29. The quantitative estimate of drug-likeness (QED) is 0.340. The zero-order chi connectivity index (χ0) is 29.7. The number of carbonyl (C=O) groups is 2. The fourth-order valence-corrected chi connectivity index (χ4v) is 4.79. The van der Waals surface area contributed by atoms with Crippen LogP contribution in [-0.2, 0) is 4.79 Å². The van der Waals surface area contributed by atoms with E-state index >= 15 is 0 Å². The van der Waals surface area contributed by atoms with Crippen molar-refractivity contribution in [2.45, 2.75) is 32.7 Å². The van der Waals surface area contributed by atoms with Crippen molar-refractivity contribution in [2.24, 2.45) is 0 Å². The number of nitrogens with one attached hydrogen (secondary N) is 3. The monoisotopic (exact) mass is 552 g/mol. The van der Waals surface area contributed by atoms with Crippen molar-refractivity contribution in [1.29, 1.82) is 5.26 Å². The fourth-order valence-electron chi connectivity index (χ4n) is 4.79. The number of aromatic nitrogens is 1. The number of amides is 2.